The van der Waals surface area contributed by atoms with Crippen molar-refractivity contribution in [1.29, 1.82) is 0 Å². The van der Waals surface area contributed by atoms with Crippen LogP contribution >= 0.6 is 0 Å². The van der Waals surface area contributed by atoms with E-state index >= 15 is 0 Å². The molecule has 2 aliphatic heterocycles. The topological polar surface area (TPSA) is 38.8 Å². The Labute approximate surface area is 112 Å². The Hall–Kier alpha value is -1.81. The second-order valence-corrected chi connectivity index (χ2v) is 4.99. The third-order valence-electron chi connectivity index (χ3n) is 3.77. The Bertz CT molecular complexity index is 506. The molecule has 0 aliphatic carbocycles. The third kappa shape index (κ3) is 2.12. The summed E-state index contributed by atoms with van der Waals surface area (Å²) in [6.07, 6.45) is 2.97. The lowest BCUT2D eigenvalue weighted by Crippen LogP contribution is -2.55. The molecule has 2 aliphatic rings. The van der Waals surface area contributed by atoms with Crippen LogP contribution in [0.3, 0.4) is 0 Å². The summed E-state index contributed by atoms with van der Waals surface area (Å²) in [6, 6.07) is 7.65. The maximum absolute atomic E-state index is 12.1. The standard InChI is InChI=1S/C15H17NO3/c1-2-14(17)16-11-15(7-9-18-10-8-15)19-13-6-4-3-5-12(13)16/h2-6H,1,7-11H2. The van der Waals surface area contributed by atoms with Crippen molar-refractivity contribution in [3.8, 4) is 5.75 Å². The van der Waals surface area contributed by atoms with E-state index in [0.717, 1.165) is 24.3 Å². The van der Waals surface area contributed by atoms with Gasteiger partial charge in [0.2, 0.25) is 0 Å². The van der Waals surface area contributed by atoms with Crippen LogP contribution in [0.2, 0.25) is 0 Å². The first-order valence-corrected chi connectivity index (χ1v) is 6.54. The molecule has 0 saturated carbocycles. The van der Waals surface area contributed by atoms with Crippen molar-refractivity contribution in [1.82, 2.24) is 0 Å². The summed E-state index contributed by atoms with van der Waals surface area (Å²) in [6.45, 7) is 5.51. The van der Waals surface area contributed by atoms with Crippen molar-refractivity contribution < 1.29 is 14.3 Å². The first-order chi connectivity index (χ1) is 9.24. The van der Waals surface area contributed by atoms with Gasteiger partial charge < -0.3 is 14.4 Å². The molecule has 0 bridgehead atoms. The largest absolute Gasteiger partial charge is 0.483 e. The monoisotopic (exact) mass is 259 g/mol. The molecule has 0 atom stereocenters. The average molecular weight is 259 g/mol. The van der Waals surface area contributed by atoms with Gasteiger partial charge in [-0.2, -0.15) is 0 Å². The second-order valence-electron chi connectivity index (χ2n) is 4.99. The van der Waals surface area contributed by atoms with Gasteiger partial charge in [-0.3, -0.25) is 4.79 Å². The summed E-state index contributed by atoms with van der Waals surface area (Å²) in [4.78, 5) is 13.8. The molecular formula is C15H17NO3. The van der Waals surface area contributed by atoms with Crippen LogP contribution in [0.5, 0.6) is 5.75 Å². The summed E-state index contributed by atoms with van der Waals surface area (Å²) >= 11 is 0. The van der Waals surface area contributed by atoms with E-state index in [-0.39, 0.29) is 11.5 Å². The number of ether oxygens (including phenoxy) is 2. The molecular weight excluding hydrogens is 242 g/mol. The van der Waals surface area contributed by atoms with Gasteiger partial charge in [0.1, 0.15) is 11.4 Å². The molecule has 0 N–H and O–H groups in total. The lowest BCUT2D eigenvalue weighted by molar-refractivity contribution is -0.116. The molecule has 2 heterocycles. The molecule has 1 aromatic rings. The van der Waals surface area contributed by atoms with E-state index in [1.165, 1.54) is 6.08 Å². The number of carbonyl (C=O) groups is 1. The molecule has 0 unspecified atom stereocenters. The second kappa shape index (κ2) is 4.70. The van der Waals surface area contributed by atoms with Gasteiger partial charge in [-0.05, 0) is 18.2 Å². The zero-order valence-electron chi connectivity index (χ0n) is 10.8. The molecule has 4 nitrogen and oxygen atoms in total. The number of nitrogens with zero attached hydrogens (tertiary/aromatic N) is 1. The fourth-order valence-electron chi connectivity index (χ4n) is 2.72. The van der Waals surface area contributed by atoms with Crippen LogP contribution in [0, 0.1) is 0 Å². The molecule has 1 aromatic carbocycles. The number of carbonyl (C=O) groups excluding carboxylic acids is 1. The maximum Gasteiger partial charge on any atom is 0.250 e. The van der Waals surface area contributed by atoms with Crippen molar-refractivity contribution in [3.05, 3.63) is 36.9 Å². The normalized spacial score (nSPS) is 20.5. The molecule has 0 radical (unpaired) electrons. The fraction of sp³-hybridized carbons (Fsp3) is 0.400. The predicted molar refractivity (Wildman–Crippen MR) is 72.4 cm³/mol. The molecule has 1 saturated heterocycles. The van der Waals surface area contributed by atoms with Crippen LogP contribution in [-0.2, 0) is 9.53 Å². The Morgan fingerprint density at radius 2 is 2.05 bits per heavy atom. The average Bonchev–Trinajstić information content (AvgIpc) is 2.46. The number of benzene rings is 1. The van der Waals surface area contributed by atoms with Gasteiger partial charge in [-0.25, -0.2) is 0 Å². The summed E-state index contributed by atoms with van der Waals surface area (Å²) in [5.74, 6) is 0.687. The summed E-state index contributed by atoms with van der Waals surface area (Å²) < 4.78 is 11.6. The van der Waals surface area contributed by atoms with Crippen molar-refractivity contribution in [3.63, 3.8) is 0 Å². The van der Waals surface area contributed by atoms with Crippen molar-refractivity contribution >= 4 is 11.6 Å². The van der Waals surface area contributed by atoms with Crippen molar-refractivity contribution in [2.24, 2.45) is 0 Å². The Morgan fingerprint density at radius 1 is 1.32 bits per heavy atom. The summed E-state index contributed by atoms with van der Waals surface area (Å²) in [7, 11) is 0. The smallest absolute Gasteiger partial charge is 0.250 e. The summed E-state index contributed by atoms with van der Waals surface area (Å²) in [5, 5.41) is 0. The van der Waals surface area contributed by atoms with E-state index < -0.39 is 0 Å². The highest BCUT2D eigenvalue weighted by Crippen LogP contribution is 2.40. The quantitative estimate of drug-likeness (QED) is 0.725. The Kier molecular flexibility index (Phi) is 3.03. The first kappa shape index (κ1) is 12.2. The van der Waals surface area contributed by atoms with Crippen LogP contribution in [0.1, 0.15) is 12.8 Å². The number of rotatable bonds is 1. The lowest BCUT2D eigenvalue weighted by atomic mass is 9.91. The van der Waals surface area contributed by atoms with Crippen LogP contribution in [0.25, 0.3) is 0 Å². The van der Waals surface area contributed by atoms with E-state index in [0.29, 0.717) is 19.8 Å². The van der Waals surface area contributed by atoms with Crippen LogP contribution in [0.15, 0.2) is 36.9 Å². The Morgan fingerprint density at radius 3 is 2.79 bits per heavy atom. The van der Waals surface area contributed by atoms with Gasteiger partial charge in [0.05, 0.1) is 25.4 Å². The van der Waals surface area contributed by atoms with Crippen LogP contribution in [-0.4, -0.2) is 31.3 Å². The Balaban J connectivity index is 2.00. The molecule has 1 fully saturated rings. The SMILES string of the molecule is C=CC(=O)N1CC2(CCOCC2)Oc2ccccc21. The van der Waals surface area contributed by atoms with Gasteiger partial charge >= 0.3 is 0 Å². The highest BCUT2D eigenvalue weighted by molar-refractivity contribution is 6.02. The molecule has 19 heavy (non-hydrogen) atoms. The van der Waals surface area contributed by atoms with E-state index in [2.05, 4.69) is 6.58 Å². The van der Waals surface area contributed by atoms with Crippen molar-refractivity contribution in [2.45, 2.75) is 18.4 Å². The highest BCUT2D eigenvalue weighted by Gasteiger charge is 2.42. The zero-order chi connectivity index (χ0) is 13.3. The molecule has 1 amide bonds. The number of para-hydroxylation sites is 2. The maximum atomic E-state index is 12.1. The lowest BCUT2D eigenvalue weighted by Gasteiger charge is -2.45. The molecule has 1 spiro atoms. The molecule has 100 valence electrons. The van der Waals surface area contributed by atoms with Gasteiger partial charge in [0, 0.05) is 12.8 Å². The van der Waals surface area contributed by atoms with Gasteiger partial charge in [0.25, 0.3) is 5.91 Å². The minimum atomic E-state index is -0.314. The number of hydrogen-bond donors (Lipinski definition) is 0. The minimum absolute atomic E-state index is 0.0818. The van der Waals surface area contributed by atoms with Crippen molar-refractivity contribution in [2.75, 3.05) is 24.7 Å². The third-order valence-corrected chi connectivity index (χ3v) is 3.77. The summed E-state index contributed by atoms with van der Waals surface area (Å²) in [5.41, 5.74) is 0.509. The molecule has 0 aromatic heterocycles. The minimum Gasteiger partial charge on any atom is -0.483 e. The fourth-order valence-corrected chi connectivity index (χ4v) is 2.72. The van der Waals surface area contributed by atoms with Crippen LogP contribution in [0.4, 0.5) is 5.69 Å². The number of amides is 1. The van der Waals surface area contributed by atoms with Gasteiger partial charge in [-0.15, -0.1) is 0 Å². The van der Waals surface area contributed by atoms with Crippen LogP contribution < -0.4 is 9.64 Å². The number of fused-ring (bicyclic) bond motifs is 1. The van der Waals surface area contributed by atoms with E-state index in [9.17, 15) is 4.79 Å². The van der Waals surface area contributed by atoms with E-state index in [4.69, 9.17) is 9.47 Å². The zero-order valence-corrected chi connectivity index (χ0v) is 10.8. The molecule has 3 rings (SSSR count). The first-order valence-electron chi connectivity index (χ1n) is 6.54. The predicted octanol–water partition coefficient (Wildman–Crippen LogP) is 2.15. The van der Waals surface area contributed by atoms with Gasteiger partial charge in [-0.1, -0.05) is 18.7 Å². The highest BCUT2D eigenvalue weighted by atomic mass is 16.5. The van der Waals surface area contributed by atoms with Gasteiger partial charge in [0.15, 0.2) is 0 Å². The molecule has 4 heteroatoms. The van der Waals surface area contributed by atoms with E-state index in [1.807, 2.05) is 24.3 Å². The number of anilines is 1. The van der Waals surface area contributed by atoms with E-state index in [1.54, 1.807) is 4.90 Å². The number of hydrogen-bond acceptors (Lipinski definition) is 3.